The van der Waals surface area contributed by atoms with Gasteiger partial charge in [-0.3, -0.25) is 9.59 Å². The third kappa shape index (κ3) is 5.63. The van der Waals surface area contributed by atoms with Crippen LogP contribution in [-0.2, 0) is 16.1 Å². The van der Waals surface area contributed by atoms with E-state index in [0.717, 1.165) is 5.56 Å². The molecule has 1 atom stereocenters. The number of carbonyl (C=O) groups excluding carboxylic acids is 2. The summed E-state index contributed by atoms with van der Waals surface area (Å²) in [5.74, 6) is 0.0325. The van der Waals surface area contributed by atoms with Gasteiger partial charge in [-0.15, -0.1) is 0 Å². The lowest BCUT2D eigenvalue weighted by Crippen LogP contribution is -2.49. The van der Waals surface area contributed by atoms with Gasteiger partial charge in [0.1, 0.15) is 11.8 Å². The van der Waals surface area contributed by atoms with Crippen LogP contribution >= 0.6 is 23.2 Å². The molecule has 0 radical (unpaired) electrons. The van der Waals surface area contributed by atoms with Crippen molar-refractivity contribution in [1.29, 1.82) is 0 Å². The van der Waals surface area contributed by atoms with Crippen LogP contribution in [0, 0.1) is 6.92 Å². The molecule has 0 spiro atoms. The average Bonchev–Trinajstić information content (AvgIpc) is 2.66. The lowest BCUT2D eigenvalue weighted by molar-refractivity contribution is -0.142. The minimum atomic E-state index is -0.708. The summed E-state index contributed by atoms with van der Waals surface area (Å²) >= 11 is 12.5. The standard InChI is InChI=1S/C21H24Cl2N2O3/c1-4-24-21(27)15(3)25(12-16-17(22)9-7-10-18(16)23)20(26)13-28-19-11-6-5-8-14(19)2/h5-11,15H,4,12-13H2,1-3H3,(H,24,27). The number of amides is 2. The maximum Gasteiger partial charge on any atom is 0.261 e. The van der Waals surface area contributed by atoms with Crippen molar-refractivity contribution in [3.05, 3.63) is 63.6 Å². The summed E-state index contributed by atoms with van der Waals surface area (Å²) in [4.78, 5) is 26.7. The molecule has 5 nitrogen and oxygen atoms in total. The normalized spacial score (nSPS) is 11.6. The Balaban J connectivity index is 2.23. The molecule has 0 aromatic heterocycles. The second-order valence-corrected chi connectivity index (χ2v) is 7.16. The van der Waals surface area contributed by atoms with E-state index in [2.05, 4.69) is 5.32 Å². The van der Waals surface area contributed by atoms with Gasteiger partial charge in [-0.05, 0) is 44.5 Å². The van der Waals surface area contributed by atoms with E-state index in [4.69, 9.17) is 27.9 Å². The first-order valence-corrected chi connectivity index (χ1v) is 9.79. The molecule has 0 aliphatic carbocycles. The molecule has 0 bridgehead atoms. The van der Waals surface area contributed by atoms with Gasteiger partial charge < -0.3 is 15.0 Å². The molecule has 2 rings (SSSR count). The number of rotatable bonds is 8. The second kappa shape index (κ2) is 10.3. The highest BCUT2D eigenvalue weighted by atomic mass is 35.5. The first-order valence-electron chi connectivity index (χ1n) is 9.03. The molecule has 0 saturated heterocycles. The molecule has 1 unspecified atom stereocenters. The molecular weight excluding hydrogens is 399 g/mol. The summed E-state index contributed by atoms with van der Waals surface area (Å²) in [6.45, 7) is 5.77. The summed E-state index contributed by atoms with van der Waals surface area (Å²) in [6, 6.07) is 11.9. The highest BCUT2D eigenvalue weighted by Crippen LogP contribution is 2.26. The summed E-state index contributed by atoms with van der Waals surface area (Å²) in [5.41, 5.74) is 1.51. The quantitative estimate of drug-likeness (QED) is 0.691. The summed E-state index contributed by atoms with van der Waals surface area (Å²) < 4.78 is 5.68. The third-order valence-electron chi connectivity index (χ3n) is 4.35. The predicted octanol–water partition coefficient (Wildman–Crippen LogP) is 4.23. The van der Waals surface area contributed by atoms with Gasteiger partial charge in [0.05, 0.1) is 0 Å². The van der Waals surface area contributed by atoms with Gasteiger partial charge in [0.2, 0.25) is 5.91 Å². The number of ether oxygens (including phenoxy) is 1. The van der Waals surface area contributed by atoms with Crippen molar-refractivity contribution >= 4 is 35.0 Å². The number of benzene rings is 2. The van der Waals surface area contributed by atoms with Crippen LogP contribution in [0.5, 0.6) is 5.75 Å². The van der Waals surface area contributed by atoms with Crippen molar-refractivity contribution in [3.63, 3.8) is 0 Å². The Hall–Kier alpha value is -2.24. The Morgan fingerprint density at radius 3 is 2.36 bits per heavy atom. The largest absolute Gasteiger partial charge is 0.484 e. The third-order valence-corrected chi connectivity index (χ3v) is 5.06. The van der Waals surface area contributed by atoms with E-state index >= 15 is 0 Å². The molecular formula is C21H24Cl2N2O3. The van der Waals surface area contributed by atoms with Crippen molar-refractivity contribution in [2.45, 2.75) is 33.4 Å². The van der Waals surface area contributed by atoms with Crippen molar-refractivity contribution < 1.29 is 14.3 Å². The second-order valence-electron chi connectivity index (χ2n) is 6.35. The first-order chi connectivity index (χ1) is 13.3. The lowest BCUT2D eigenvalue weighted by atomic mass is 10.1. The molecule has 0 heterocycles. The zero-order valence-corrected chi connectivity index (χ0v) is 17.7. The van der Waals surface area contributed by atoms with Crippen LogP contribution < -0.4 is 10.1 Å². The molecule has 0 aliphatic rings. The van der Waals surface area contributed by atoms with E-state index < -0.39 is 6.04 Å². The summed E-state index contributed by atoms with van der Waals surface area (Å²) in [5, 5.41) is 3.62. The number of nitrogens with zero attached hydrogens (tertiary/aromatic N) is 1. The maximum absolute atomic E-state index is 12.9. The van der Waals surface area contributed by atoms with Crippen LogP contribution in [0.2, 0.25) is 10.0 Å². The molecule has 2 aromatic rings. The van der Waals surface area contributed by atoms with Gasteiger partial charge in [0.25, 0.3) is 5.91 Å². The van der Waals surface area contributed by atoms with Crippen LogP contribution in [0.25, 0.3) is 0 Å². The van der Waals surface area contributed by atoms with Crippen molar-refractivity contribution in [2.75, 3.05) is 13.2 Å². The van der Waals surface area contributed by atoms with Crippen molar-refractivity contribution in [1.82, 2.24) is 10.2 Å². The van der Waals surface area contributed by atoms with Gasteiger partial charge in [0.15, 0.2) is 6.61 Å². The number of nitrogens with one attached hydrogen (secondary N) is 1. The van der Waals surface area contributed by atoms with Crippen LogP contribution in [-0.4, -0.2) is 35.9 Å². The topological polar surface area (TPSA) is 58.6 Å². The number of para-hydroxylation sites is 1. The Kier molecular flexibility index (Phi) is 8.15. The number of hydrogen-bond acceptors (Lipinski definition) is 3. The van der Waals surface area contributed by atoms with E-state index in [9.17, 15) is 9.59 Å². The number of likely N-dealkylation sites (N-methyl/N-ethyl adjacent to an activating group) is 1. The maximum atomic E-state index is 12.9. The monoisotopic (exact) mass is 422 g/mol. The fourth-order valence-electron chi connectivity index (χ4n) is 2.70. The molecule has 2 aromatic carbocycles. The number of aryl methyl sites for hydroxylation is 1. The first kappa shape index (κ1) is 22.1. The molecule has 0 saturated carbocycles. The predicted molar refractivity (Wildman–Crippen MR) is 112 cm³/mol. The van der Waals surface area contributed by atoms with E-state index in [1.54, 1.807) is 31.2 Å². The molecule has 28 heavy (non-hydrogen) atoms. The smallest absolute Gasteiger partial charge is 0.261 e. The Bertz CT molecular complexity index is 822. The summed E-state index contributed by atoms with van der Waals surface area (Å²) in [6.07, 6.45) is 0. The Morgan fingerprint density at radius 1 is 1.11 bits per heavy atom. The fourth-order valence-corrected chi connectivity index (χ4v) is 3.22. The fraction of sp³-hybridized carbons (Fsp3) is 0.333. The van der Waals surface area contributed by atoms with Gasteiger partial charge in [-0.25, -0.2) is 0 Å². The molecule has 2 amide bonds. The number of hydrogen-bond donors (Lipinski definition) is 1. The highest BCUT2D eigenvalue weighted by Gasteiger charge is 2.27. The van der Waals surface area contributed by atoms with Crippen LogP contribution in [0.4, 0.5) is 0 Å². The van der Waals surface area contributed by atoms with Gasteiger partial charge in [-0.1, -0.05) is 47.5 Å². The van der Waals surface area contributed by atoms with Crippen molar-refractivity contribution in [3.8, 4) is 5.75 Å². The highest BCUT2D eigenvalue weighted by molar-refractivity contribution is 6.36. The number of carbonyl (C=O) groups is 2. The van der Waals surface area contributed by atoms with Crippen LogP contribution in [0.3, 0.4) is 0 Å². The van der Waals surface area contributed by atoms with Crippen molar-refractivity contribution in [2.24, 2.45) is 0 Å². The molecule has 150 valence electrons. The van der Waals surface area contributed by atoms with Gasteiger partial charge in [0, 0.05) is 28.7 Å². The zero-order valence-electron chi connectivity index (χ0n) is 16.2. The molecule has 0 aliphatic heterocycles. The van der Waals surface area contributed by atoms with Gasteiger partial charge >= 0.3 is 0 Å². The van der Waals surface area contributed by atoms with E-state index in [1.807, 2.05) is 32.0 Å². The van der Waals surface area contributed by atoms with Gasteiger partial charge in [-0.2, -0.15) is 0 Å². The Morgan fingerprint density at radius 2 is 1.75 bits per heavy atom. The van der Waals surface area contributed by atoms with E-state index in [-0.39, 0.29) is 25.0 Å². The minimum Gasteiger partial charge on any atom is -0.484 e. The van der Waals surface area contributed by atoms with E-state index in [1.165, 1.54) is 4.90 Å². The summed E-state index contributed by atoms with van der Waals surface area (Å²) in [7, 11) is 0. The molecule has 7 heteroatoms. The molecule has 1 N–H and O–H groups in total. The Labute approximate surface area is 175 Å². The zero-order chi connectivity index (χ0) is 20.7. The number of halogens is 2. The SMILES string of the molecule is CCNC(=O)C(C)N(Cc1c(Cl)cccc1Cl)C(=O)COc1ccccc1C. The average molecular weight is 423 g/mol. The van der Waals surface area contributed by atoms with Crippen LogP contribution in [0.15, 0.2) is 42.5 Å². The minimum absolute atomic E-state index is 0.104. The molecule has 0 fully saturated rings. The lowest BCUT2D eigenvalue weighted by Gasteiger charge is -2.29. The van der Waals surface area contributed by atoms with Crippen LogP contribution in [0.1, 0.15) is 25.0 Å². The van der Waals surface area contributed by atoms with E-state index in [0.29, 0.717) is 27.9 Å².